The molecule has 0 unspecified atom stereocenters. The predicted molar refractivity (Wildman–Crippen MR) is 82.3 cm³/mol. The minimum Gasteiger partial charge on any atom is -0.383 e. The molecule has 5 heteroatoms. The number of thioether (sulfide) groups is 1. The maximum absolute atomic E-state index is 6.01. The molecule has 2 rings (SSSR count). The third kappa shape index (κ3) is 3.14. The van der Waals surface area contributed by atoms with E-state index in [1.165, 1.54) is 4.88 Å². The molecule has 2 heterocycles. The molecule has 3 nitrogen and oxygen atoms in total. The van der Waals surface area contributed by atoms with Gasteiger partial charge in [0, 0.05) is 9.62 Å². The van der Waals surface area contributed by atoms with E-state index in [4.69, 9.17) is 5.73 Å². The fourth-order valence-corrected chi connectivity index (χ4v) is 3.24. The molecule has 0 saturated carbocycles. The van der Waals surface area contributed by atoms with Crippen LogP contribution in [0.2, 0.25) is 0 Å². The van der Waals surface area contributed by atoms with Gasteiger partial charge in [-0.05, 0) is 12.5 Å². The zero-order valence-corrected chi connectivity index (χ0v) is 12.9. The third-order valence-electron chi connectivity index (χ3n) is 2.50. The van der Waals surface area contributed by atoms with Gasteiger partial charge in [0.25, 0.3) is 0 Å². The summed E-state index contributed by atoms with van der Waals surface area (Å²) in [6.07, 6.45) is 1.02. The van der Waals surface area contributed by atoms with E-state index in [1.807, 2.05) is 11.8 Å². The molecule has 0 spiro atoms. The van der Waals surface area contributed by atoms with Crippen LogP contribution in [0, 0.1) is 0 Å². The summed E-state index contributed by atoms with van der Waals surface area (Å²) in [5.41, 5.74) is 6.01. The number of thiophene rings is 1. The number of aryl methyl sites for hydroxylation is 1. The topological polar surface area (TPSA) is 51.8 Å². The second kappa shape index (κ2) is 5.05. The second-order valence-corrected chi connectivity index (χ2v) is 8.13. The minimum atomic E-state index is 0.219. The first-order chi connectivity index (χ1) is 8.39. The highest BCUT2D eigenvalue weighted by Gasteiger charge is 2.14. The lowest BCUT2D eigenvalue weighted by atomic mass is 10.3. The van der Waals surface area contributed by atoms with Crippen molar-refractivity contribution < 1.29 is 0 Å². The van der Waals surface area contributed by atoms with Crippen molar-refractivity contribution >= 4 is 39.1 Å². The smallest absolute Gasteiger partial charge is 0.142 e. The van der Waals surface area contributed by atoms with Crippen LogP contribution in [0.1, 0.15) is 38.4 Å². The average Bonchev–Trinajstić information content (AvgIpc) is 2.69. The van der Waals surface area contributed by atoms with Gasteiger partial charge in [-0.25, -0.2) is 9.97 Å². The van der Waals surface area contributed by atoms with E-state index in [1.54, 1.807) is 11.3 Å². The predicted octanol–water partition coefficient (Wildman–Crippen LogP) is 3.87. The highest BCUT2D eigenvalue weighted by Crippen LogP contribution is 2.30. The summed E-state index contributed by atoms with van der Waals surface area (Å²) in [6, 6.07) is 2.11. The van der Waals surface area contributed by atoms with Crippen molar-refractivity contribution in [2.75, 3.05) is 5.73 Å². The van der Waals surface area contributed by atoms with Crippen LogP contribution in [0.25, 0.3) is 10.2 Å². The summed E-state index contributed by atoms with van der Waals surface area (Å²) in [7, 11) is 0. The maximum Gasteiger partial charge on any atom is 0.142 e. The highest BCUT2D eigenvalue weighted by molar-refractivity contribution is 7.99. The Balaban J connectivity index is 2.30. The van der Waals surface area contributed by atoms with Crippen LogP contribution in [-0.4, -0.2) is 14.7 Å². The molecule has 0 aliphatic rings. The standard InChI is InChI=1S/C13H19N3S2/c1-5-8-6-9-11(14)15-10(16-12(9)18-8)7-17-13(2,3)4/h6H,5,7H2,1-4H3,(H2,14,15,16). The van der Waals surface area contributed by atoms with Crippen molar-refractivity contribution in [1.82, 2.24) is 9.97 Å². The van der Waals surface area contributed by atoms with E-state index in [-0.39, 0.29) is 4.75 Å². The number of hydrogen-bond donors (Lipinski definition) is 1. The van der Waals surface area contributed by atoms with Crippen LogP contribution < -0.4 is 5.73 Å². The molecule has 98 valence electrons. The molecule has 2 N–H and O–H groups in total. The van der Waals surface area contributed by atoms with Gasteiger partial charge in [0.15, 0.2) is 0 Å². The van der Waals surface area contributed by atoms with E-state index in [2.05, 4.69) is 43.7 Å². The SMILES string of the molecule is CCc1cc2c(N)nc(CSC(C)(C)C)nc2s1. The largest absolute Gasteiger partial charge is 0.383 e. The van der Waals surface area contributed by atoms with Crippen molar-refractivity contribution in [3.8, 4) is 0 Å². The second-order valence-electron chi connectivity index (χ2n) is 5.21. The fraction of sp³-hybridized carbons (Fsp3) is 0.538. The van der Waals surface area contributed by atoms with Crippen LogP contribution in [0.4, 0.5) is 5.82 Å². The van der Waals surface area contributed by atoms with Gasteiger partial charge in [0.05, 0.1) is 11.1 Å². The summed E-state index contributed by atoms with van der Waals surface area (Å²) in [6.45, 7) is 8.73. The van der Waals surface area contributed by atoms with Crippen LogP contribution in [0.15, 0.2) is 6.07 Å². The Hall–Kier alpha value is -0.810. The van der Waals surface area contributed by atoms with Crippen molar-refractivity contribution in [1.29, 1.82) is 0 Å². The molecule has 0 fully saturated rings. The first-order valence-corrected chi connectivity index (χ1v) is 7.88. The number of aromatic nitrogens is 2. The number of anilines is 1. The Kier molecular flexibility index (Phi) is 3.82. The monoisotopic (exact) mass is 281 g/mol. The van der Waals surface area contributed by atoms with Crippen molar-refractivity contribution in [3.05, 3.63) is 16.8 Å². The number of rotatable bonds is 3. The number of nitrogens with zero attached hydrogens (tertiary/aromatic N) is 2. The summed E-state index contributed by atoms with van der Waals surface area (Å²) < 4.78 is 0.219. The molecule has 0 aromatic carbocycles. The molecule has 0 aliphatic carbocycles. The number of nitrogens with two attached hydrogens (primary N) is 1. The number of fused-ring (bicyclic) bond motifs is 1. The van der Waals surface area contributed by atoms with Gasteiger partial charge in [-0.1, -0.05) is 27.7 Å². The summed E-state index contributed by atoms with van der Waals surface area (Å²) in [5, 5.41) is 1.00. The lowest BCUT2D eigenvalue weighted by Gasteiger charge is -2.16. The zero-order chi connectivity index (χ0) is 13.3. The van der Waals surface area contributed by atoms with Gasteiger partial charge < -0.3 is 5.73 Å². The average molecular weight is 281 g/mol. The van der Waals surface area contributed by atoms with Gasteiger partial charge in [-0.2, -0.15) is 0 Å². The summed E-state index contributed by atoms with van der Waals surface area (Å²) >= 11 is 3.56. The van der Waals surface area contributed by atoms with Crippen LogP contribution in [0.3, 0.4) is 0 Å². The van der Waals surface area contributed by atoms with E-state index >= 15 is 0 Å². The summed E-state index contributed by atoms with van der Waals surface area (Å²) in [4.78, 5) is 11.3. The van der Waals surface area contributed by atoms with Gasteiger partial charge in [0.2, 0.25) is 0 Å². The molecule has 2 aromatic rings. The molecule has 0 radical (unpaired) electrons. The molecule has 2 aromatic heterocycles. The van der Waals surface area contributed by atoms with Crippen LogP contribution in [0.5, 0.6) is 0 Å². The first-order valence-electron chi connectivity index (χ1n) is 6.08. The van der Waals surface area contributed by atoms with Gasteiger partial charge in [-0.15, -0.1) is 23.1 Å². The first kappa shape index (κ1) is 13.6. The van der Waals surface area contributed by atoms with Crippen molar-refractivity contribution in [3.63, 3.8) is 0 Å². The number of nitrogen functional groups attached to an aromatic ring is 1. The Morgan fingerprint density at radius 3 is 2.67 bits per heavy atom. The minimum absolute atomic E-state index is 0.219. The fourth-order valence-electron chi connectivity index (χ4n) is 1.56. The van der Waals surface area contributed by atoms with E-state index < -0.39 is 0 Å². The molecule has 0 bridgehead atoms. The van der Waals surface area contributed by atoms with E-state index in [9.17, 15) is 0 Å². The molecule has 0 amide bonds. The van der Waals surface area contributed by atoms with E-state index in [0.29, 0.717) is 5.82 Å². The Morgan fingerprint density at radius 1 is 1.33 bits per heavy atom. The van der Waals surface area contributed by atoms with Crippen molar-refractivity contribution in [2.45, 2.75) is 44.6 Å². The van der Waals surface area contributed by atoms with Crippen LogP contribution in [-0.2, 0) is 12.2 Å². The lowest BCUT2D eigenvalue weighted by Crippen LogP contribution is -2.09. The Morgan fingerprint density at radius 2 is 2.06 bits per heavy atom. The van der Waals surface area contributed by atoms with E-state index in [0.717, 1.165) is 28.2 Å². The Labute approximate surface area is 116 Å². The van der Waals surface area contributed by atoms with Gasteiger partial charge in [-0.3, -0.25) is 0 Å². The van der Waals surface area contributed by atoms with Gasteiger partial charge >= 0.3 is 0 Å². The summed E-state index contributed by atoms with van der Waals surface area (Å²) in [5.74, 6) is 2.26. The van der Waals surface area contributed by atoms with Gasteiger partial charge in [0.1, 0.15) is 16.5 Å². The quantitative estimate of drug-likeness (QED) is 0.928. The maximum atomic E-state index is 6.01. The van der Waals surface area contributed by atoms with Crippen molar-refractivity contribution in [2.24, 2.45) is 0 Å². The Bertz CT molecular complexity index is 555. The molecule has 0 atom stereocenters. The zero-order valence-electron chi connectivity index (χ0n) is 11.3. The molecular weight excluding hydrogens is 262 g/mol. The van der Waals surface area contributed by atoms with Crippen LogP contribution >= 0.6 is 23.1 Å². The molecule has 18 heavy (non-hydrogen) atoms. The number of hydrogen-bond acceptors (Lipinski definition) is 5. The molecule has 0 saturated heterocycles. The lowest BCUT2D eigenvalue weighted by molar-refractivity contribution is 0.800. The molecular formula is C13H19N3S2. The normalized spacial score (nSPS) is 12.2. The molecule has 0 aliphatic heterocycles. The highest BCUT2D eigenvalue weighted by atomic mass is 32.2. The third-order valence-corrected chi connectivity index (χ3v) is 4.94.